The minimum absolute atomic E-state index is 0.479. The third-order valence-electron chi connectivity index (χ3n) is 2.51. The Balaban J connectivity index is 2.27. The molecule has 0 amide bonds. The van der Waals surface area contributed by atoms with Gasteiger partial charge in [-0.3, -0.25) is 4.68 Å². The number of rotatable bonds is 1. The van der Waals surface area contributed by atoms with Crippen LogP contribution in [0.25, 0.3) is 0 Å². The predicted molar refractivity (Wildman–Crippen MR) is 52.6 cm³/mol. The average Bonchev–Trinajstić information content (AvgIpc) is 2.38. The van der Waals surface area contributed by atoms with Crippen molar-refractivity contribution in [1.82, 2.24) is 15.1 Å². The minimum atomic E-state index is 0.479. The summed E-state index contributed by atoms with van der Waals surface area (Å²) in [6.07, 6.45) is 4.52. The van der Waals surface area contributed by atoms with Gasteiger partial charge in [0.05, 0.1) is 5.69 Å². The smallest absolute Gasteiger partial charge is 0.0670 e. The van der Waals surface area contributed by atoms with Gasteiger partial charge >= 0.3 is 0 Å². The molecule has 3 heteroatoms. The Morgan fingerprint density at radius 1 is 1.54 bits per heavy atom. The largest absolute Gasteiger partial charge is 0.313 e. The van der Waals surface area contributed by atoms with Crippen LogP contribution >= 0.6 is 0 Å². The summed E-state index contributed by atoms with van der Waals surface area (Å²) >= 11 is 0. The van der Waals surface area contributed by atoms with Crippen LogP contribution in [0.1, 0.15) is 37.6 Å². The van der Waals surface area contributed by atoms with Gasteiger partial charge in [-0.1, -0.05) is 0 Å². The van der Waals surface area contributed by atoms with Crippen LogP contribution < -0.4 is 5.32 Å². The van der Waals surface area contributed by atoms with E-state index in [0.717, 1.165) is 19.5 Å². The van der Waals surface area contributed by atoms with E-state index in [2.05, 4.69) is 35.1 Å². The second-order valence-corrected chi connectivity index (χ2v) is 3.96. The summed E-state index contributed by atoms with van der Waals surface area (Å²) in [7, 11) is 0. The summed E-state index contributed by atoms with van der Waals surface area (Å²) in [5.74, 6) is 0. The highest BCUT2D eigenvalue weighted by Gasteiger charge is 2.12. The van der Waals surface area contributed by atoms with Crippen LogP contribution in [0.4, 0.5) is 0 Å². The van der Waals surface area contributed by atoms with Crippen molar-refractivity contribution >= 4 is 0 Å². The van der Waals surface area contributed by atoms with Crippen LogP contribution in [-0.4, -0.2) is 16.3 Å². The normalized spacial score (nSPS) is 17.2. The van der Waals surface area contributed by atoms with Crippen molar-refractivity contribution in [2.24, 2.45) is 0 Å². The summed E-state index contributed by atoms with van der Waals surface area (Å²) in [4.78, 5) is 0. The Morgan fingerprint density at radius 3 is 3.15 bits per heavy atom. The van der Waals surface area contributed by atoms with E-state index in [9.17, 15) is 0 Å². The molecule has 2 heterocycles. The lowest BCUT2D eigenvalue weighted by atomic mass is 10.2. The van der Waals surface area contributed by atoms with Gasteiger partial charge in [0.15, 0.2) is 0 Å². The number of hydrogen-bond acceptors (Lipinski definition) is 2. The van der Waals surface area contributed by atoms with Crippen LogP contribution in [0, 0.1) is 0 Å². The quantitative estimate of drug-likeness (QED) is 0.708. The molecule has 1 aliphatic heterocycles. The van der Waals surface area contributed by atoms with E-state index in [1.54, 1.807) is 0 Å². The van der Waals surface area contributed by atoms with Crippen molar-refractivity contribution in [2.45, 2.75) is 39.3 Å². The van der Waals surface area contributed by atoms with E-state index in [1.165, 1.54) is 17.7 Å². The molecule has 72 valence electrons. The highest BCUT2D eigenvalue weighted by molar-refractivity contribution is 5.18. The molecule has 3 nitrogen and oxygen atoms in total. The Kier molecular flexibility index (Phi) is 2.36. The van der Waals surface area contributed by atoms with Gasteiger partial charge < -0.3 is 5.32 Å². The molecular formula is C10H17N3. The van der Waals surface area contributed by atoms with Gasteiger partial charge in [0.2, 0.25) is 0 Å². The van der Waals surface area contributed by atoms with Crippen molar-refractivity contribution < 1.29 is 0 Å². The Hall–Kier alpha value is -0.830. The first-order valence-electron chi connectivity index (χ1n) is 5.05. The van der Waals surface area contributed by atoms with Crippen molar-refractivity contribution in [1.29, 1.82) is 0 Å². The summed E-state index contributed by atoms with van der Waals surface area (Å²) in [5.41, 5.74) is 2.67. The lowest BCUT2D eigenvalue weighted by Crippen LogP contribution is -2.12. The molecule has 0 bridgehead atoms. The molecule has 1 N–H and O–H groups in total. The predicted octanol–water partition coefficient (Wildman–Crippen LogP) is 1.50. The van der Waals surface area contributed by atoms with Crippen molar-refractivity contribution in [3.63, 3.8) is 0 Å². The zero-order valence-electron chi connectivity index (χ0n) is 8.38. The number of nitrogens with zero attached hydrogens (tertiary/aromatic N) is 2. The SMILES string of the molecule is CC(C)n1cc2c(n1)CCCNC2. The molecule has 0 aliphatic carbocycles. The minimum Gasteiger partial charge on any atom is -0.313 e. The van der Waals surface area contributed by atoms with Crippen LogP contribution in [0.3, 0.4) is 0 Å². The molecule has 0 spiro atoms. The lowest BCUT2D eigenvalue weighted by molar-refractivity contribution is 0.522. The van der Waals surface area contributed by atoms with Crippen LogP contribution in [0.2, 0.25) is 0 Å². The summed E-state index contributed by atoms with van der Waals surface area (Å²) in [5, 5.41) is 7.99. The van der Waals surface area contributed by atoms with E-state index in [-0.39, 0.29) is 0 Å². The number of nitrogens with one attached hydrogen (secondary N) is 1. The highest BCUT2D eigenvalue weighted by atomic mass is 15.3. The molecule has 0 saturated heterocycles. The van der Waals surface area contributed by atoms with E-state index < -0.39 is 0 Å². The summed E-state index contributed by atoms with van der Waals surface area (Å²) < 4.78 is 2.07. The number of aromatic nitrogens is 2. The van der Waals surface area contributed by atoms with Crippen LogP contribution in [0.5, 0.6) is 0 Å². The Labute approximate surface area is 79.1 Å². The first kappa shape index (κ1) is 8.75. The van der Waals surface area contributed by atoms with Gasteiger partial charge in [0.25, 0.3) is 0 Å². The lowest BCUT2D eigenvalue weighted by Gasteiger charge is -2.04. The van der Waals surface area contributed by atoms with Gasteiger partial charge in [-0.05, 0) is 33.2 Å². The molecular weight excluding hydrogens is 162 g/mol. The fraction of sp³-hybridized carbons (Fsp3) is 0.700. The van der Waals surface area contributed by atoms with Crippen LogP contribution in [0.15, 0.2) is 6.20 Å². The summed E-state index contributed by atoms with van der Waals surface area (Å²) in [6, 6.07) is 0.479. The maximum atomic E-state index is 4.59. The molecule has 0 unspecified atom stereocenters. The molecule has 2 rings (SSSR count). The van der Waals surface area contributed by atoms with Gasteiger partial charge in [-0.15, -0.1) is 0 Å². The molecule has 1 aliphatic rings. The van der Waals surface area contributed by atoms with Crippen LogP contribution in [-0.2, 0) is 13.0 Å². The summed E-state index contributed by atoms with van der Waals surface area (Å²) in [6.45, 7) is 6.44. The monoisotopic (exact) mass is 179 g/mol. The zero-order valence-corrected chi connectivity index (χ0v) is 8.38. The van der Waals surface area contributed by atoms with Gasteiger partial charge in [-0.25, -0.2) is 0 Å². The number of fused-ring (bicyclic) bond motifs is 1. The number of aryl methyl sites for hydroxylation is 1. The molecule has 1 aromatic heterocycles. The maximum Gasteiger partial charge on any atom is 0.0670 e. The second-order valence-electron chi connectivity index (χ2n) is 3.96. The molecule has 0 aromatic carbocycles. The fourth-order valence-electron chi connectivity index (χ4n) is 1.69. The third kappa shape index (κ3) is 1.75. The van der Waals surface area contributed by atoms with Crippen molar-refractivity contribution in [3.8, 4) is 0 Å². The van der Waals surface area contributed by atoms with Gasteiger partial charge in [0.1, 0.15) is 0 Å². The van der Waals surface area contributed by atoms with E-state index in [0.29, 0.717) is 6.04 Å². The van der Waals surface area contributed by atoms with Gasteiger partial charge in [0, 0.05) is 24.3 Å². The Bertz CT molecular complexity index is 265. The number of hydrogen-bond donors (Lipinski definition) is 1. The molecule has 0 fully saturated rings. The van der Waals surface area contributed by atoms with E-state index in [4.69, 9.17) is 0 Å². The molecule has 1 aromatic rings. The first-order chi connectivity index (χ1) is 6.27. The average molecular weight is 179 g/mol. The molecule has 0 saturated carbocycles. The third-order valence-corrected chi connectivity index (χ3v) is 2.51. The topological polar surface area (TPSA) is 29.9 Å². The Morgan fingerprint density at radius 2 is 2.38 bits per heavy atom. The zero-order chi connectivity index (χ0) is 9.26. The maximum absolute atomic E-state index is 4.59. The van der Waals surface area contributed by atoms with E-state index in [1.807, 2.05) is 0 Å². The van der Waals surface area contributed by atoms with E-state index >= 15 is 0 Å². The standard InChI is InChI=1S/C10H17N3/c1-8(2)13-7-9-6-11-5-3-4-10(9)12-13/h7-8,11H,3-6H2,1-2H3. The fourth-order valence-corrected chi connectivity index (χ4v) is 1.69. The van der Waals surface area contributed by atoms with Crippen molar-refractivity contribution in [2.75, 3.05) is 6.54 Å². The second kappa shape index (κ2) is 3.50. The van der Waals surface area contributed by atoms with Gasteiger partial charge in [-0.2, -0.15) is 5.10 Å². The first-order valence-corrected chi connectivity index (χ1v) is 5.05. The molecule has 13 heavy (non-hydrogen) atoms. The molecule has 0 atom stereocenters. The highest BCUT2D eigenvalue weighted by Crippen LogP contribution is 2.14. The van der Waals surface area contributed by atoms with Crippen molar-refractivity contribution in [3.05, 3.63) is 17.5 Å². The molecule has 0 radical (unpaired) electrons.